The first kappa shape index (κ1) is 15.3. The summed E-state index contributed by atoms with van der Waals surface area (Å²) >= 11 is 0. The third kappa shape index (κ3) is 3.27. The van der Waals surface area contributed by atoms with Gasteiger partial charge in [0.1, 0.15) is 5.69 Å². The van der Waals surface area contributed by atoms with E-state index < -0.39 is 0 Å². The highest BCUT2D eigenvalue weighted by molar-refractivity contribution is 5.54. The van der Waals surface area contributed by atoms with Crippen molar-refractivity contribution in [1.29, 1.82) is 0 Å². The Bertz CT molecular complexity index is 546. The molecule has 1 aliphatic heterocycles. The number of ether oxygens (including phenoxy) is 2. The number of hydrogen-bond acceptors (Lipinski definition) is 5. The van der Waals surface area contributed by atoms with Crippen LogP contribution in [0.25, 0.3) is 0 Å². The number of rotatable bonds is 4. The topological polar surface area (TPSA) is 56.6 Å². The number of anilines is 1. The van der Waals surface area contributed by atoms with Gasteiger partial charge in [0.05, 0.1) is 25.9 Å². The second kappa shape index (κ2) is 7.13. The Balaban J connectivity index is 1.92. The predicted molar refractivity (Wildman–Crippen MR) is 84.8 cm³/mol. The molecule has 0 atom stereocenters. The molecule has 1 saturated heterocycles. The minimum atomic E-state index is -0.0168. The Morgan fingerprint density at radius 3 is 2.68 bits per heavy atom. The number of hydrogen-bond donors (Lipinski definition) is 0. The van der Waals surface area contributed by atoms with Crippen LogP contribution < -0.4 is 15.2 Å². The fourth-order valence-corrected chi connectivity index (χ4v) is 3.30. The summed E-state index contributed by atoms with van der Waals surface area (Å²) in [7, 11) is 0. The third-order valence-corrected chi connectivity index (χ3v) is 4.46. The van der Waals surface area contributed by atoms with Crippen LogP contribution in [0.3, 0.4) is 0 Å². The lowest BCUT2D eigenvalue weighted by Gasteiger charge is -2.30. The van der Waals surface area contributed by atoms with E-state index in [1.54, 1.807) is 10.7 Å². The molecular weight excluding hydrogens is 282 g/mol. The normalized spacial score (nSPS) is 20.1. The summed E-state index contributed by atoms with van der Waals surface area (Å²) in [5.74, 6) is 0.578. The standard InChI is InChI=1S/C16H25N3O3/c1-2-22-16-14(18-8-10-21-11-9-18)12-15(20)19(17-16)13-6-4-3-5-7-13/h12-13H,2-11H2,1H3. The molecule has 2 aliphatic rings. The third-order valence-electron chi connectivity index (χ3n) is 4.46. The molecule has 6 heteroatoms. The highest BCUT2D eigenvalue weighted by Gasteiger charge is 2.23. The first-order chi connectivity index (χ1) is 10.8. The van der Waals surface area contributed by atoms with Crippen LogP contribution in [0.5, 0.6) is 5.88 Å². The van der Waals surface area contributed by atoms with Crippen molar-refractivity contribution in [3.63, 3.8) is 0 Å². The molecule has 1 saturated carbocycles. The Hall–Kier alpha value is -1.56. The molecule has 2 fully saturated rings. The zero-order chi connectivity index (χ0) is 15.4. The molecule has 0 N–H and O–H groups in total. The van der Waals surface area contributed by atoms with Gasteiger partial charge in [-0.1, -0.05) is 19.3 Å². The molecule has 0 amide bonds. The van der Waals surface area contributed by atoms with Gasteiger partial charge in [-0.15, -0.1) is 5.10 Å². The molecular formula is C16H25N3O3. The summed E-state index contributed by atoms with van der Waals surface area (Å²) < 4.78 is 12.8. The van der Waals surface area contributed by atoms with E-state index in [4.69, 9.17) is 9.47 Å². The minimum Gasteiger partial charge on any atom is -0.475 e. The molecule has 1 aromatic rings. The average Bonchev–Trinajstić information content (AvgIpc) is 2.58. The molecule has 3 rings (SSSR count). The maximum atomic E-state index is 12.5. The maximum absolute atomic E-state index is 12.5. The molecule has 0 spiro atoms. The van der Waals surface area contributed by atoms with Crippen LogP contribution in [0.1, 0.15) is 45.1 Å². The van der Waals surface area contributed by atoms with Crippen LogP contribution in [0.4, 0.5) is 5.69 Å². The molecule has 122 valence electrons. The van der Waals surface area contributed by atoms with Crippen molar-refractivity contribution in [2.24, 2.45) is 0 Å². The van der Waals surface area contributed by atoms with E-state index in [0.29, 0.717) is 25.7 Å². The van der Waals surface area contributed by atoms with Gasteiger partial charge < -0.3 is 14.4 Å². The Kier molecular flexibility index (Phi) is 4.97. The van der Waals surface area contributed by atoms with E-state index >= 15 is 0 Å². The van der Waals surface area contributed by atoms with E-state index in [9.17, 15) is 4.79 Å². The van der Waals surface area contributed by atoms with Gasteiger partial charge in [0, 0.05) is 19.2 Å². The highest BCUT2D eigenvalue weighted by atomic mass is 16.5. The number of morpholine rings is 1. The summed E-state index contributed by atoms with van der Waals surface area (Å²) in [6.07, 6.45) is 5.68. The van der Waals surface area contributed by atoms with Crippen LogP contribution >= 0.6 is 0 Å². The lowest BCUT2D eigenvalue weighted by molar-refractivity contribution is 0.122. The van der Waals surface area contributed by atoms with Gasteiger partial charge in [-0.2, -0.15) is 0 Å². The zero-order valence-corrected chi connectivity index (χ0v) is 13.3. The SMILES string of the molecule is CCOc1nn(C2CCCCC2)c(=O)cc1N1CCOCC1. The van der Waals surface area contributed by atoms with Gasteiger partial charge in [0.25, 0.3) is 11.4 Å². The van der Waals surface area contributed by atoms with Gasteiger partial charge in [-0.25, -0.2) is 4.68 Å². The Morgan fingerprint density at radius 2 is 2.00 bits per heavy atom. The average molecular weight is 307 g/mol. The zero-order valence-electron chi connectivity index (χ0n) is 13.3. The van der Waals surface area contributed by atoms with Crippen LogP contribution in [0.15, 0.2) is 10.9 Å². The molecule has 0 bridgehead atoms. The van der Waals surface area contributed by atoms with Crippen molar-refractivity contribution in [3.05, 3.63) is 16.4 Å². The molecule has 1 aromatic heterocycles. The Labute approximate surface area is 131 Å². The summed E-state index contributed by atoms with van der Waals surface area (Å²) in [4.78, 5) is 14.7. The molecule has 0 unspecified atom stereocenters. The fraction of sp³-hybridized carbons (Fsp3) is 0.750. The van der Waals surface area contributed by atoms with Crippen molar-refractivity contribution in [3.8, 4) is 5.88 Å². The second-order valence-corrected chi connectivity index (χ2v) is 5.94. The monoisotopic (exact) mass is 307 g/mol. The summed E-state index contributed by atoms with van der Waals surface area (Å²) in [6.45, 7) is 5.39. The predicted octanol–water partition coefficient (Wildman–Crippen LogP) is 1.98. The Morgan fingerprint density at radius 1 is 1.27 bits per heavy atom. The van der Waals surface area contributed by atoms with E-state index in [1.165, 1.54) is 19.3 Å². The van der Waals surface area contributed by atoms with Crippen LogP contribution in [0, 0.1) is 0 Å². The van der Waals surface area contributed by atoms with Gasteiger partial charge in [0.2, 0.25) is 0 Å². The van der Waals surface area contributed by atoms with Crippen molar-refractivity contribution in [2.45, 2.75) is 45.1 Å². The van der Waals surface area contributed by atoms with E-state index in [-0.39, 0.29) is 11.6 Å². The smallest absolute Gasteiger partial charge is 0.269 e. The summed E-state index contributed by atoms with van der Waals surface area (Å²) in [5, 5.41) is 4.56. The molecule has 0 aromatic carbocycles. The number of aromatic nitrogens is 2. The van der Waals surface area contributed by atoms with Gasteiger partial charge in [-0.3, -0.25) is 4.79 Å². The molecule has 22 heavy (non-hydrogen) atoms. The fourth-order valence-electron chi connectivity index (χ4n) is 3.30. The van der Waals surface area contributed by atoms with Gasteiger partial charge in [0.15, 0.2) is 0 Å². The van der Waals surface area contributed by atoms with Crippen LogP contribution in [-0.4, -0.2) is 42.7 Å². The minimum absolute atomic E-state index is 0.0168. The van der Waals surface area contributed by atoms with E-state index in [2.05, 4.69) is 10.00 Å². The van der Waals surface area contributed by atoms with Gasteiger partial charge in [-0.05, 0) is 19.8 Å². The van der Waals surface area contributed by atoms with E-state index in [1.807, 2.05) is 6.92 Å². The second-order valence-electron chi connectivity index (χ2n) is 5.94. The molecule has 1 aliphatic carbocycles. The van der Waals surface area contributed by atoms with E-state index in [0.717, 1.165) is 31.6 Å². The van der Waals surface area contributed by atoms with Crippen LogP contribution in [-0.2, 0) is 4.74 Å². The van der Waals surface area contributed by atoms with Crippen molar-refractivity contribution < 1.29 is 9.47 Å². The lowest BCUT2D eigenvalue weighted by Crippen LogP contribution is -2.38. The lowest BCUT2D eigenvalue weighted by atomic mass is 9.96. The van der Waals surface area contributed by atoms with Crippen molar-refractivity contribution in [2.75, 3.05) is 37.8 Å². The van der Waals surface area contributed by atoms with Gasteiger partial charge >= 0.3 is 0 Å². The van der Waals surface area contributed by atoms with Crippen molar-refractivity contribution in [1.82, 2.24) is 9.78 Å². The maximum Gasteiger partial charge on any atom is 0.269 e. The summed E-state index contributed by atoms with van der Waals surface area (Å²) in [5.41, 5.74) is 0.791. The van der Waals surface area contributed by atoms with Crippen molar-refractivity contribution >= 4 is 5.69 Å². The first-order valence-corrected chi connectivity index (χ1v) is 8.39. The largest absolute Gasteiger partial charge is 0.475 e. The number of nitrogens with zero attached hydrogens (tertiary/aromatic N) is 3. The summed E-state index contributed by atoms with van der Waals surface area (Å²) in [6, 6.07) is 1.91. The quantitative estimate of drug-likeness (QED) is 0.851. The molecule has 2 heterocycles. The highest BCUT2D eigenvalue weighted by Crippen LogP contribution is 2.29. The molecule has 6 nitrogen and oxygen atoms in total. The van der Waals surface area contributed by atoms with Crippen LogP contribution in [0.2, 0.25) is 0 Å². The first-order valence-electron chi connectivity index (χ1n) is 8.39. The molecule has 0 radical (unpaired) electrons.